The zero-order chi connectivity index (χ0) is 16.1. The van der Waals surface area contributed by atoms with Crippen LogP contribution in [-0.2, 0) is 4.74 Å². The van der Waals surface area contributed by atoms with Crippen molar-refractivity contribution in [3.63, 3.8) is 0 Å². The van der Waals surface area contributed by atoms with Crippen LogP contribution in [0.25, 0.3) is 0 Å². The summed E-state index contributed by atoms with van der Waals surface area (Å²) >= 11 is 6.12. The molecular weight excluding hydrogens is 305 g/mol. The molecule has 4 nitrogen and oxygen atoms in total. The van der Waals surface area contributed by atoms with E-state index in [1.807, 2.05) is 13.8 Å². The third kappa shape index (κ3) is 4.34. The second-order valence-electron chi connectivity index (χ2n) is 5.55. The van der Waals surface area contributed by atoms with Gasteiger partial charge in [-0.2, -0.15) is 0 Å². The zero-order valence-electron chi connectivity index (χ0n) is 13.2. The van der Waals surface area contributed by atoms with Crippen LogP contribution in [0.2, 0.25) is 5.02 Å². The van der Waals surface area contributed by atoms with Crippen LogP contribution in [0.3, 0.4) is 0 Å². The van der Waals surface area contributed by atoms with Gasteiger partial charge in [0.2, 0.25) is 0 Å². The number of benzene rings is 1. The topological polar surface area (TPSA) is 45.7 Å². The second kappa shape index (κ2) is 7.79. The van der Waals surface area contributed by atoms with Gasteiger partial charge >= 0.3 is 0 Å². The zero-order valence-corrected chi connectivity index (χ0v) is 14.0. The molecule has 1 aliphatic rings. The van der Waals surface area contributed by atoms with Crippen molar-refractivity contribution in [1.82, 2.24) is 10.6 Å². The minimum Gasteiger partial charge on any atom is -0.383 e. The molecule has 22 heavy (non-hydrogen) atoms. The van der Waals surface area contributed by atoms with Crippen molar-refractivity contribution in [3.8, 4) is 0 Å². The van der Waals surface area contributed by atoms with Crippen molar-refractivity contribution >= 4 is 17.6 Å². The van der Waals surface area contributed by atoms with Gasteiger partial charge in [0.1, 0.15) is 5.82 Å². The fourth-order valence-corrected chi connectivity index (χ4v) is 2.83. The van der Waals surface area contributed by atoms with Crippen molar-refractivity contribution in [3.05, 3.63) is 34.6 Å². The summed E-state index contributed by atoms with van der Waals surface area (Å²) in [6.07, 6.45) is 0.851. The Morgan fingerprint density at radius 3 is 2.95 bits per heavy atom. The van der Waals surface area contributed by atoms with Crippen molar-refractivity contribution < 1.29 is 9.13 Å². The van der Waals surface area contributed by atoms with Crippen molar-refractivity contribution in [1.29, 1.82) is 0 Å². The molecule has 1 saturated carbocycles. The van der Waals surface area contributed by atoms with Crippen LogP contribution in [-0.4, -0.2) is 38.3 Å². The van der Waals surface area contributed by atoms with Gasteiger partial charge in [0.05, 0.1) is 6.61 Å². The van der Waals surface area contributed by atoms with E-state index in [0.29, 0.717) is 23.7 Å². The maximum Gasteiger partial charge on any atom is 0.191 e. The molecule has 0 saturated heterocycles. The Hall–Kier alpha value is -1.33. The van der Waals surface area contributed by atoms with Gasteiger partial charge in [0.15, 0.2) is 5.96 Å². The summed E-state index contributed by atoms with van der Waals surface area (Å²) in [5, 5.41) is 7.11. The van der Waals surface area contributed by atoms with Gasteiger partial charge in [-0.25, -0.2) is 4.39 Å². The van der Waals surface area contributed by atoms with Gasteiger partial charge in [0.25, 0.3) is 0 Å². The summed E-state index contributed by atoms with van der Waals surface area (Å²) in [5.41, 5.74) is 0.599. The molecule has 2 rings (SSSR count). The highest BCUT2D eigenvalue weighted by molar-refractivity contribution is 6.31. The number of nitrogens with zero attached hydrogens (tertiary/aromatic N) is 1. The lowest BCUT2D eigenvalue weighted by Crippen LogP contribution is -2.45. The van der Waals surface area contributed by atoms with E-state index in [1.165, 1.54) is 6.07 Å². The summed E-state index contributed by atoms with van der Waals surface area (Å²) in [7, 11) is 1.67. The lowest BCUT2D eigenvalue weighted by Gasteiger charge is -2.17. The number of rotatable bonds is 6. The third-order valence-corrected chi connectivity index (χ3v) is 3.93. The van der Waals surface area contributed by atoms with Crippen LogP contribution in [0.5, 0.6) is 0 Å². The van der Waals surface area contributed by atoms with E-state index < -0.39 is 0 Å². The molecule has 2 N–H and O–H groups in total. The molecule has 1 aromatic rings. The first-order chi connectivity index (χ1) is 10.6. The molecule has 6 heteroatoms. The standard InChI is InChI=1S/C16H23ClFN3O/c1-4-19-16(20-10(2)9-22-3)21-14-8-11(14)15-12(17)6-5-7-13(15)18/h5-7,10-11,14H,4,8-9H2,1-3H3,(H2,19,20,21). The van der Waals surface area contributed by atoms with E-state index in [9.17, 15) is 4.39 Å². The maximum absolute atomic E-state index is 13.9. The van der Waals surface area contributed by atoms with Crippen molar-refractivity contribution in [2.24, 2.45) is 4.99 Å². The third-order valence-electron chi connectivity index (χ3n) is 3.60. The van der Waals surface area contributed by atoms with E-state index in [4.69, 9.17) is 16.3 Å². The Morgan fingerprint density at radius 2 is 2.32 bits per heavy atom. The molecule has 3 atom stereocenters. The molecule has 1 fully saturated rings. The molecule has 0 aromatic heterocycles. The first-order valence-corrected chi connectivity index (χ1v) is 7.95. The molecule has 1 aliphatic carbocycles. The highest BCUT2D eigenvalue weighted by Gasteiger charge is 2.42. The van der Waals surface area contributed by atoms with Gasteiger partial charge in [0, 0.05) is 42.2 Å². The average molecular weight is 328 g/mol. The maximum atomic E-state index is 13.9. The van der Waals surface area contributed by atoms with E-state index in [-0.39, 0.29) is 23.8 Å². The normalized spacial score (nSPS) is 22.3. The molecule has 0 bridgehead atoms. The number of hydrogen-bond donors (Lipinski definition) is 2. The Bertz CT molecular complexity index is 518. The fourth-order valence-electron chi connectivity index (χ4n) is 2.53. The highest BCUT2D eigenvalue weighted by atomic mass is 35.5. The number of ether oxygens (including phenoxy) is 1. The van der Waals surface area contributed by atoms with Crippen LogP contribution in [0.15, 0.2) is 23.2 Å². The van der Waals surface area contributed by atoms with Crippen LogP contribution in [0.1, 0.15) is 31.7 Å². The van der Waals surface area contributed by atoms with E-state index in [1.54, 1.807) is 19.2 Å². The molecular formula is C16H23ClFN3O. The molecule has 1 aromatic carbocycles. The summed E-state index contributed by atoms with van der Waals surface area (Å²) < 4.78 is 19.0. The molecule has 0 radical (unpaired) electrons. The largest absolute Gasteiger partial charge is 0.383 e. The van der Waals surface area contributed by atoms with Crippen LogP contribution in [0, 0.1) is 5.82 Å². The molecule has 0 heterocycles. The first-order valence-electron chi connectivity index (χ1n) is 7.57. The SMILES string of the molecule is CCN=C(NC(C)COC)NC1CC1c1c(F)cccc1Cl. The molecule has 0 amide bonds. The Kier molecular flexibility index (Phi) is 6.03. The summed E-state index contributed by atoms with van der Waals surface area (Å²) in [5.74, 6) is 0.582. The monoisotopic (exact) mass is 327 g/mol. The number of hydrogen-bond acceptors (Lipinski definition) is 2. The minimum atomic E-state index is -0.239. The van der Waals surface area contributed by atoms with E-state index in [0.717, 1.165) is 12.4 Å². The van der Waals surface area contributed by atoms with Gasteiger partial charge < -0.3 is 15.4 Å². The lowest BCUT2D eigenvalue weighted by molar-refractivity contribution is 0.179. The number of guanidine groups is 1. The smallest absolute Gasteiger partial charge is 0.191 e. The number of halogens is 2. The predicted octanol–water partition coefficient (Wildman–Crippen LogP) is 2.93. The van der Waals surface area contributed by atoms with Gasteiger partial charge in [-0.05, 0) is 32.4 Å². The Labute approximate surface area is 136 Å². The summed E-state index contributed by atoms with van der Waals surface area (Å²) in [6, 6.07) is 5.12. The van der Waals surface area contributed by atoms with Crippen LogP contribution < -0.4 is 10.6 Å². The van der Waals surface area contributed by atoms with Crippen molar-refractivity contribution in [2.75, 3.05) is 20.3 Å². The average Bonchev–Trinajstić information content (AvgIpc) is 3.18. The predicted molar refractivity (Wildman–Crippen MR) is 88.1 cm³/mol. The Balaban J connectivity index is 1.98. The molecule has 0 spiro atoms. The fraction of sp³-hybridized carbons (Fsp3) is 0.562. The first kappa shape index (κ1) is 17.0. The summed E-state index contributed by atoms with van der Waals surface area (Å²) in [4.78, 5) is 4.41. The molecule has 3 unspecified atom stereocenters. The highest BCUT2D eigenvalue weighted by Crippen LogP contribution is 2.44. The lowest BCUT2D eigenvalue weighted by atomic mass is 10.1. The van der Waals surface area contributed by atoms with Gasteiger partial charge in [-0.15, -0.1) is 0 Å². The van der Waals surface area contributed by atoms with E-state index >= 15 is 0 Å². The Morgan fingerprint density at radius 1 is 1.55 bits per heavy atom. The van der Waals surface area contributed by atoms with Gasteiger partial charge in [-0.1, -0.05) is 17.7 Å². The number of nitrogens with one attached hydrogen (secondary N) is 2. The van der Waals surface area contributed by atoms with Gasteiger partial charge in [-0.3, -0.25) is 4.99 Å². The summed E-state index contributed by atoms with van der Waals surface area (Å²) in [6.45, 7) is 5.27. The number of methoxy groups -OCH3 is 1. The van der Waals surface area contributed by atoms with Crippen molar-refractivity contribution in [2.45, 2.75) is 38.3 Å². The minimum absolute atomic E-state index is 0.0929. The van der Waals surface area contributed by atoms with E-state index in [2.05, 4.69) is 15.6 Å². The second-order valence-corrected chi connectivity index (χ2v) is 5.96. The van der Waals surface area contributed by atoms with Crippen LogP contribution >= 0.6 is 11.6 Å². The molecule has 122 valence electrons. The number of aliphatic imine (C=N–C) groups is 1. The quantitative estimate of drug-likeness (QED) is 0.624. The van der Waals surface area contributed by atoms with Crippen LogP contribution in [0.4, 0.5) is 4.39 Å². The molecule has 0 aliphatic heterocycles.